The fraction of sp³-hybridized carbons (Fsp3) is 0.545. The van der Waals surface area contributed by atoms with E-state index in [2.05, 4.69) is 39.4 Å². The van der Waals surface area contributed by atoms with Crippen LogP contribution in [0.15, 0.2) is 40.6 Å². The van der Waals surface area contributed by atoms with Gasteiger partial charge in [0.05, 0.1) is 11.0 Å². The molecule has 3 rings (SSSR count). The van der Waals surface area contributed by atoms with Crippen LogP contribution < -0.4 is 5.84 Å². The molecule has 11 heteroatoms. The number of benzene rings is 1. The summed E-state index contributed by atoms with van der Waals surface area (Å²) in [7, 11) is 0. The Morgan fingerprint density at radius 2 is 1.70 bits per heavy atom. The van der Waals surface area contributed by atoms with Crippen LogP contribution in [-0.2, 0) is 16.1 Å². The lowest BCUT2D eigenvalue weighted by molar-refractivity contribution is -0.132. The summed E-state index contributed by atoms with van der Waals surface area (Å²) in [6.45, 7) is 11.1. The highest BCUT2D eigenvalue weighted by atomic mass is 32.2. The molecule has 1 aromatic heterocycles. The van der Waals surface area contributed by atoms with E-state index in [1.807, 2.05) is 31.7 Å². The van der Waals surface area contributed by atoms with Crippen LogP contribution in [0.3, 0.4) is 0 Å². The minimum atomic E-state index is -0.327. The van der Waals surface area contributed by atoms with Crippen LogP contribution in [0.25, 0.3) is 0 Å². The van der Waals surface area contributed by atoms with Gasteiger partial charge >= 0.3 is 0 Å². The Labute approximate surface area is 204 Å². The van der Waals surface area contributed by atoms with Gasteiger partial charge in [0.1, 0.15) is 0 Å². The molecule has 1 saturated heterocycles. The molecule has 1 aliphatic rings. The van der Waals surface area contributed by atoms with Crippen molar-refractivity contribution >= 4 is 35.3 Å². The van der Waals surface area contributed by atoms with Crippen molar-refractivity contribution in [2.75, 3.05) is 50.9 Å². The summed E-state index contributed by atoms with van der Waals surface area (Å²) in [5.74, 6) is 6.51. The Morgan fingerprint density at radius 3 is 2.33 bits per heavy atom. The first kappa shape index (κ1) is 25.4. The molecule has 0 spiro atoms. The molecule has 0 saturated carbocycles. The average molecular weight is 492 g/mol. The van der Waals surface area contributed by atoms with Crippen molar-refractivity contribution in [1.82, 2.24) is 29.6 Å². The van der Waals surface area contributed by atoms with Gasteiger partial charge in [-0.2, -0.15) is 0 Å². The predicted octanol–water partition coefficient (Wildman–Crippen LogP) is 1.78. The van der Waals surface area contributed by atoms with Gasteiger partial charge < -0.3 is 15.6 Å². The highest BCUT2D eigenvalue weighted by Crippen LogP contribution is 2.26. The highest BCUT2D eigenvalue weighted by Gasteiger charge is 2.27. The van der Waals surface area contributed by atoms with E-state index in [0.29, 0.717) is 36.5 Å². The fourth-order valence-electron chi connectivity index (χ4n) is 3.67. The summed E-state index contributed by atoms with van der Waals surface area (Å²) >= 11 is 2.56. The van der Waals surface area contributed by atoms with Crippen LogP contribution in [-0.4, -0.2) is 91.7 Å². The number of nitrogens with two attached hydrogens (primary N) is 1. The highest BCUT2D eigenvalue weighted by molar-refractivity contribution is 8.00. The molecule has 1 aliphatic heterocycles. The number of carbonyl (C=O) groups excluding carboxylic acids is 2. The van der Waals surface area contributed by atoms with Crippen molar-refractivity contribution in [3.05, 3.63) is 35.9 Å². The number of nitrogen functional groups attached to an aromatic ring is 1. The zero-order valence-electron chi connectivity index (χ0n) is 19.5. The molecule has 2 N–H and O–H groups in total. The lowest BCUT2D eigenvalue weighted by Gasteiger charge is -2.35. The molecule has 33 heavy (non-hydrogen) atoms. The normalized spacial score (nSPS) is 15.4. The number of hydrogen-bond donors (Lipinski definition) is 1. The Kier molecular flexibility index (Phi) is 9.45. The van der Waals surface area contributed by atoms with E-state index in [1.54, 1.807) is 4.90 Å². The van der Waals surface area contributed by atoms with E-state index in [-0.39, 0.29) is 22.8 Å². The maximum absolute atomic E-state index is 13.0. The van der Waals surface area contributed by atoms with Crippen molar-refractivity contribution in [2.24, 2.45) is 0 Å². The molecule has 2 heterocycles. The van der Waals surface area contributed by atoms with Crippen molar-refractivity contribution in [2.45, 2.75) is 42.9 Å². The third-order valence-corrected chi connectivity index (χ3v) is 7.61. The minimum absolute atomic E-state index is 0.0390. The topological polar surface area (TPSA) is 101 Å². The van der Waals surface area contributed by atoms with Crippen LogP contribution in [0.2, 0.25) is 0 Å². The van der Waals surface area contributed by atoms with Gasteiger partial charge in [-0.3, -0.25) is 14.5 Å². The van der Waals surface area contributed by atoms with Crippen molar-refractivity contribution in [1.29, 1.82) is 0 Å². The summed E-state index contributed by atoms with van der Waals surface area (Å²) in [5, 5.41) is 8.84. The zero-order chi connectivity index (χ0) is 23.8. The predicted molar refractivity (Wildman–Crippen MR) is 132 cm³/mol. The second-order valence-electron chi connectivity index (χ2n) is 7.84. The van der Waals surface area contributed by atoms with Gasteiger partial charge in [-0.15, -0.1) is 10.2 Å². The summed E-state index contributed by atoms with van der Waals surface area (Å²) < 4.78 is 1.37. The first-order valence-electron chi connectivity index (χ1n) is 11.3. The molecule has 1 unspecified atom stereocenters. The molecular weight excluding hydrogens is 458 g/mol. The summed E-state index contributed by atoms with van der Waals surface area (Å²) in [6.07, 6.45) is 0. The molecular formula is C22H33N7O2S2. The zero-order valence-corrected chi connectivity index (χ0v) is 21.1. The fourth-order valence-corrected chi connectivity index (χ4v) is 5.34. The summed E-state index contributed by atoms with van der Waals surface area (Å²) in [4.78, 5) is 31.2. The summed E-state index contributed by atoms with van der Waals surface area (Å²) in [6, 6.07) is 10.4. The molecule has 180 valence electrons. The SMILES string of the molecule is CCN(CC)C(=O)CSc1nnc(SC(C)C(=O)N2CCN(Cc3ccccc3)CC2)n1N. The summed E-state index contributed by atoms with van der Waals surface area (Å²) in [5.41, 5.74) is 1.29. The molecule has 1 atom stereocenters. The standard InChI is InChI=1S/C22H33N7O2S2/c1-4-27(5-2)19(30)16-32-21-24-25-22(29(21)23)33-17(3)20(31)28-13-11-26(12-14-28)15-18-9-7-6-8-10-18/h6-10,17H,4-5,11-16,23H2,1-3H3. The van der Waals surface area contributed by atoms with E-state index < -0.39 is 0 Å². The van der Waals surface area contributed by atoms with Gasteiger partial charge in [0.25, 0.3) is 0 Å². The largest absolute Gasteiger partial charge is 0.343 e. The maximum Gasteiger partial charge on any atom is 0.235 e. The van der Waals surface area contributed by atoms with Crippen LogP contribution in [0.5, 0.6) is 0 Å². The minimum Gasteiger partial charge on any atom is -0.343 e. The van der Waals surface area contributed by atoms with Crippen molar-refractivity contribution in [3.8, 4) is 0 Å². The molecule has 1 aromatic carbocycles. The van der Waals surface area contributed by atoms with Crippen molar-refractivity contribution in [3.63, 3.8) is 0 Å². The molecule has 9 nitrogen and oxygen atoms in total. The monoisotopic (exact) mass is 491 g/mol. The molecule has 0 radical (unpaired) electrons. The molecule has 0 aliphatic carbocycles. The number of thioether (sulfide) groups is 2. The van der Waals surface area contributed by atoms with Gasteiger partial charge in [-0.05, 0) is 26.3 Å². The van der Waals surface area contributed by atoms with Crippen LogP contribution in [0.1, 0.15) is 26.3 Å². The molecule has 1 fully saturated rings. The first-order valence-corrected chi connectivity index (χ1v) is 13.1. The van der Waals surface area contributed by atoms with Gasteiger partial charge in [0.2, 0.25) is 22.1 Å². The smallest absolute Gasteiger partial charge is 0.235 e. The Balaban J connectivity index is 1.47. The maximum atomic E-state index is 13.0. The van der Waals surface area contributed by atoms with E-state index >= 15 is 0 Å². The number of nitrogens with zero attached hydrogens (tertiary/aromatic N) is 6. The van der Waals surface area contributed by atoms with E-state index in [0.717, 1.165) is 19.6 Å². The van der Waals surface area contributed by atoms with Gasteiger partial charge in [-0.1, -0.05) is 53.9 Å². The van der Waals surface area contributed by atoms with Gasteiger partial charge in [0.15, 0.2) is 0 Å². The van der Waals surface area contributed by atoms with Crippen LogP contribution >= 0.6 is 23.5 Å². The average Bonchev–Trinajstić information content (AvgIpc) is 3.18. The van der Waals surface area contributed by atoms with Crippen LogP contribution in [0.4, 0.5) is 0 Å². The molecule has 2 amide bonds. The second-order valence-corrected chi connectivity index (χ2v) is 10.1. The number of rotatable bonds is 10. The number of hydrogen-bond acceptors (Lipinski definition) is 8. The third-order valence-electron chi connectivity index (χ3n) is 5.64. The van der Waals surface area contributed by atoms with Crippen molar-refractivity contribution < 1.29 is 9.59 Å². The third kappa shape index (κ3) is 6.87. The lowest BCUT2D eigenvalue weighted by atomic mass is 10.2. The number of carbonyl (C=O) groups is 2. The Bertz CT molecular complexity index is 913. The number of aromatic nitrogens is 3. The van der Waals surface area contributed by atoms with E-state index in [1.165, 1.54) is 33.8 Å². The number of amides is 2. The first-order chi connectivity index (χ1) is 15.9. The van der Waals surface area contributed by atoms with E-state index in [9.17, 15) is 9.59 Å². The Morgan fingerprint density at radius 1 is 1.06 bits per heavy atom. The van der Waals surface area contributed by atoms with Crippen LogP contribution in [0, 0.1) is 0 Å². The van der Waals surface area contributed by atoms with Gasteiger partial charge in [-0.25, -0.2) is 4.68 Å². The van der Waals surface area contributed by atoms with E-state index in [4.69, 9.17) is 5.84 Å². The molecule has 2 aromatic rings. The lowest BCUT2D eigenvalue weighted by Crippen LogP contribution is -2.50. The Hall–Kier alpha value is -2.24. The number of piperazine rings is 1. The van der Waals surface area contributed by atoms with Gasteiger partial charge in [0, 0.05) is 45.8 Å². The molecule has 0 bridgehead atoms. The second kappa shape index (κ2) is 12.3. The quantitative estimate of drug-likeness (QED) is 0.397.